The van der Waals surface area contributed by atoms with Crippen LogP contribution in [0.5, 0.6) is 0 Å². The van der Waals surface area contributed by atoms with Gasteiger partial charge in [0.2, 0.25) is 0 Å². The third-order valence-corrected chi connectivity index (χ3v) is 5.83. The van der Waals surface area contributed by atoms with E-state index < -0.39 is 15.1 Å². The van der Waals surface area contributed by atoms with Gasteiger partial charge in [0, 0.05) is 17.6 Å². The molecular formula is C12H14FNO2S2. The van der Waals surface area contributed by atoms with E-state index in [9.17, 15) is 12.8 Å². The smallest absolute Gasteiger partial charge is 0.154 e. The average Bonchev–Trinajstić information content (AvgIpc) is 3.05. The van der Waals surface area contributed by atoms with Gasteiger partial charge in [-0.2, -0.15) is 0 Å². The summed E-state index contributed by atoms with van der Waals surface area (Å²) >= 11 is 4.91. The van der Waals surface area contributed by atoms with Gasteiger partial charge in [0.1, 0.15) is 5.82 Å². The number of rotatable bonds is 4. The Morgan fingerprint density at radius 2 is 2.17 bits per heavy atom. The fourth-order valence-corrected chi connectivity index (χ4v) is 4.58. The largest absolute Gasteiger partial charge is 0.393 e. The first-order chi connectivity index (χ1) is 8.38. The maximum atomic E-state index is 13.2. The standard InChI is InChI=1S/C12H14FNO2S2/c1-2-18(15,16)11-9(10(11)12(14)17)7-4-3-5-8(13)6-7/h3-6,9-11H,2H2,1H3,(H2,14,17)/t9-,10+,11+/m0/s1. The first-order valence-corrected chi connectivity index (χ1v) is 7.77. The number of benzene rings is 1. The van der Waals surface area contributed by atoms with Crippen molar-refractivity contribution < 1.29 is 12.8 Å². The molecule has 1 aromatic rings. The van der Waals surface area contributed by atoms with Crippen LogP contribution in [0.3, 0.4) is 0 Å². The van der Waals surface area contributed by atoms with Gasteiger partial charge < -0.3 is 5.73 Å². The molecule has 2 N–H and O–H groups in total. The van der Waals surface area contributed by atoms with Crippen LogP contribution in [-0.4, -0.2) is 24.4 Å². The number of sulfone groups is 1. The monoisotopic (exact) mass is 287 g/mol. The lowest BCUT2D eigenvalue weighted by Crippen LogP contribution is -2.18. The van der Waals surface area contributed by atoms with Gasteiger partial charge in [0.25, 0.3) is 0 Å². The zero-order valence-electron chi connectivity index (χ0n) is 9.84. The first kappa shape index (κ1) is 13.4. The van der Waals surface area contributed by atoms with Crippen LogP contribution in [0.15, 0.2) is 24.3 Å². The van der Waals surface area contributed by atoms with Crippen molar-refractivity contribution in [2.24, 2.45) is 11.7 Å². The molecule has 18 heavy (non-hydrogen) atoms. The summed E-state index contributed by atoms with van der Waals surface area (Å²) in [6, 6.07) is 5.95. The van der Waals surface area contributed by atoms with Gasteiger partial charge in [0.15, 0.2) is 9.84 Å². The van der Waals surface area contributed by atoms with Crippen LogP contribution in [0.1, 0.15) is 18.4 Å². The van der Waals surface area contributed by atoms with Crippen LogP contribution >= 0.6 is 12.2 Å². The Balaban J connectivity index is 2.37. The fraction of sp³-hybridized carbons (Fsp3) is 0.417. The summed E-state index contributed by atoms with van der Waals surface area (Å²) < 4.78 is 37.0. The van der Waals surface area contributed by atoms with Gasteiger partial charge in [0.05, 0.1) is 10.2 Å². The number of hydrogen-bond acceptors (Lipinski definition) is 3. The predicted octanol–water partition coefficient (Wildman–Crippen LogP) is 1.63. The highest BCUT2D eigenvalue weighted by molar-refractivity contribution is 7.92. The van der Waals surface area contributed by atoms with Crippen LogP contribution in [0.4, 0.5) is 4.39 Å². The lowest BCUT2D eigenvalue weighted by Gasteiger charge is -2.00. The van der Waals surface area contributed by atoms with Gasteiger partial charge in [-0.05, 0) is 17.7 Å². The molecule has 6 heteroatoms. The number of thiocarbonyl (C=S) groups is 1. The summed E-state index contributed by atoms with van der Waals surface area (Å²) in [6.07, 6.45) is 0. The predicted molar refractivity (Wildman–Crippen MR) is 72.7 cm³/mol. The van der Waals surface area contributed by atoms with E-state index in [0.717, 1.165) is 0 Å². The van der Waals surface area contributed by atoms with E-state index in [1.807, 2.05) is 0 Å². The second kappa shape index (κ2) is 4.59. The molecule has 0 bridgehead atoms. The van der Waals surface area contributed by atoms with E-state index in [-0.39, 0.29) is 28.4 Å². The zero-order valence-corrected chi connectivity index (χ0v) is 11.5. The third-order valence-electron chi connectivity index (χ3n) is 3.33. The minimum absolute atomic E-state index is 0.0442. The van der Waals surface area contributed by atoms with Crippen molar-refractivity contribution in [2.45, 2.75) is 18.1 Å². The molecule has 1 fully saturated rings. The summed E-state index contributed by atoms with van der Waals surface area (Å²) in [6.45, 7) is 1.59. The highest BCUT2D eigenvalue weighted by Crippen LogP contribution is 2.52. The first-order valence-electron chi connectivity index (χ1n) is 5.65. The molecule has 0 heterocycles. The lowest BCUT2D eigenvalue weighted by atomic mass is 10.1. The Morgan fingerprint density at radius 1 is 1.50 bits per heavy atom. The maximum absolute atomic E-state index is 13.2. The Morgan fingerprint density at radius 3 is 2.67 bits per heavy atom. The molecule has 0 unspecified atom stereocenters. The average molecular weight is 287 g/mol. The van der Waals surface area contributed by atoms with Crippen LogP contribution in [0.25, 0.3) is 0 Å². The van der Waals surface area contributed by atoms with Gasteiger partial charge in [-0.15, -0.1) is 0 Å². The SMILES string of the molecule is CCS(=O)(=O)[C@H]1[C@H](C(N)=S)[C@@H]1c1cccc(F)c1. The molecule has 1 saturated carbocycles. The molecular weight excluding hydrogens is 273 g/mol. The van der Waals surface area contributed by atoms with Crippen molar-refractivity contribution in [2.75, 3.05) is 5.75 Å². The highest BCUT2D eigenvalue weighted by atomic mass is 32.2. The minimum atomic E-state index is -3.22. The van der Waals surface area contributed by atoms with E-state index in [0.29, 0.717) is 5.56 Å². The summed E-state index contributed by atoms with van der Waals surface area (Å²) in [5, 5.41) is -0.596. The molecule has 98 valence electrons. The molecule has 1 aliphatic rings. The maximum Gasteiger partial charge on any atom is 0.154 e. The molecule has 0 saturated heterocycles. The summed E-state index contributed by atoms with van der Waals surface area (Å²) in [5.41, 5.74) is 6.23. The molecule has 0 spiro atoms. The van der Waals surface area contributed by atoms with E-state index >= 15 is 0 Å². The number of hydrogen-bond donors (Lipinski definition) is 1. The van der Waals surface area contributed by atoms with Gasteiger partial charge in [-0.1, -0.05) is 31.3 Å². The Kier molecular flexibility index (Phi) is 3.42. The molecule has 1 aromatic carbocycles. The summed E-state index contributed by atoms with van der Waals surface area (Å²) in [4.78, 5) is 0.186. The Hall–Kier alpha value is -1.01. The Bertz CT molecular complexity index is 585. The van der Waals surface area contributed by atoms with Crippen molar-refractivity contribution in [1.29, 1.82) is 0 Å². The van der Waals surface area contributed by atoms with Crippen molar-refractivity contribution in [3.8, 4) is 0 Å². The third kappa shape index (κ3) is 2.27. The Labute approximate surface area is 111 Å². The molecule has 0 amide bonds. The molecule has 2 rings (SSSR count). The van der Waals surface area contributed by atoms with Crippen LogP contribution < -0.4 is 5.73 Å². The van der Waals surface area contributed by atoms with Crippen molar-refractivity contribution in [3.05, 3.63) is 35.6 Å². The van der Waals surface area contributed by atoms with Crippen LogP contribution in [0.2, 0.25) is 0 Å². The van der Waals surface area contributed by atoms with Crippen molar-refractivity contribution in [1.82, 2.24) is 0 Å². The second-order valence-electron chi connectivity index (χ2n) is 4.43. The van der Waals surface area contributed by atoms with Crippen molar-refractivity contribution in [3.63, 3.8) is 0 Å². The van der Waals surface area contributed by atoms with E-state index in [1.165, 1.54) is 12.1 Å². The topological polar surface area (TPSA) is 60.2 Å². The molecule has 0 aliphatic heterocycles. The summed E-state index contributed by atoms with van der Waals surface area (Å²) in [5.74, 6) is -1.01. The van der Waals surface area contributed by atoms with E-state index in [1.54, 1.807) is 19.1 Å². The quantitative estimate of drug-likeness (QED) is 0.855. The van der Waals surface area contributed by atoms with Gasteiger partial charge >= 0.3 is 0 Å². The van der Waals surface area contributed by atoms with Crippen molar-refractivity contribution >= 4 is 27.0 Å². The highest BCUT2D eigenvalue weighted by Gasteiger charge is 2.59. The molecule has 0 radical (unpaired) electrons. The van der Waals surface area contributed by atoms with E-state index in [2.05, 4.69) is 0 Å². The normalized spacial score (nSPS) is 26.9. The van der Waals surface area contributed by atoms with Gasteiger partial charge in [-0.25, -0.2) is 12.8 Å². The summed E-state index contributed by atoms with van der Waals surface area (Å²) in [7, 11) is -3.22. The molecule has 1 aliphatic carbocycles. The zero-order chi connectivity index (χ0) is 13.5. The molecule has 3 nitrogen and oxygen atoms in total. The van der Waals surface area contributed by atoms with E-state index in [4.69, 9.17) is 18.0 Å². The van der Waals surface area contributed by atoms with Crippen LogP contribution in [0, 0.1) is 11.7 Å². The minimum Gasteiger partial charge on any atom is -0.393 e. The number of nitrogens with two attached hydrogens (primary N) is 1. The van der Waals surface area contributed by atoms with Gasteiger partial charge in [-0.3, -0.25) is 0 Å². The second-order valence-corrected chi connectivity index (χ2v) is 7.34. The number of halogens is 1. The van der Waals surface area contributed by atoms with Crippen LogP contribution in [-0.2, 0) is 9.84 Å². The lowest BCUT2D eigenvalue weighted by molar-refractivity contribution is 0.594. The fourth-order valence-electron chi connectivity index (χ4n) is 2.37. The molecule has 3 atom stereocenters. The molecule has 0 aromatic heterocycles.